The lowest BCUT2D eigenvalue weighted by Gasteiger charge is -2.34. The minimum atomic E-state index is -1.11. The van der Waals surface area contributed by atoms with Crippen LogP contribution < -0.4 is 4.90 Å². The monoisotopic (exact) mass is 225 g/mol. The molecule has 2 N–H and O–H groups in total. The molecule has 0 saturated carbocycles. The topological polar surface area (TPSA) is 86.6 Å². The van der Waals surface area contributed by atoms with E-state index in [1.807, 2.05) is 13.8 Å². The number of aromatic nitrogens is 2. The van der Waals surface area contributed by atoms with E-state index in [2.05, 4.69) is 9.97 Å². The van der Waals surface area contributed by atoms with Gasteiger partial charge in [0.15, 0.2) is 5.69 Å². The van der Waals surface area contributed by atoms with E-state index in [0.29, 0.717) is 5.82 Å². The molecular formula is C10H15N3O3. The molecule has 6 nitrogen and oxygen atoms in total. The number of likely N-dealkylation sites (N-methyl/N-ethyl adjacent to an activating group) is 1. The Morgan fingerprint density at radius 1 is 1.44 bits per heavy atom. The van der Waals surface area contributed by atoms with Gasteiger partial charge in [-0.25, -0.2) is 14.8 Å². The molecule has 0 atom stereocenters. The van der Waals surface area contributed by atoms with Crippen LogP contribution in [0.15, 0.2) is 12.4 Å². The molecule has 88 valence electrons. The number of hydrogen-bond acceptors (Lipinski definition) is 5. The van der Waals surface area contributed by atoms with Gasteiger partial charge >= 0.3 is 5.97 Å². The molecule has 0 fully saturated rings. The second kappa shape index (κ2) is 4.44. The third kappa shape index (κ3) is 2.46. The molecule has 0 radical (unpaired) electrons. The van der Waals surface area contributed by atoms with Crippen molar-refractivity contribution in [3.63, 3.8) is 0 Å². The summed E-state index contributed by atoms with van der Waals surface area (Å²) in [6, 6.07) is 0. The SMILES string of the molecule is CN(c1cnc(C(=O)O)cn1)C(C)(C)CO. The molecular weight excluding hydrogens is 210 g/mol. The Labute approximate surface area is 93.6 Å². The van der Waals surface area contributed by atoms with Crippen LogP contribution >= 0.6 is 0 Å². The average molecular weight is 225 g/mol. The van der Waals surface area contributed by atoms with Gasteiger partial charge in [0.2, 0.25) is 0 Å². The molecule has 1 aromatic heterocycles. The van der Waals surface area contributed by atoms with Gasteiger partial charge in [-0.15, -0.1) is 0 Å². The number of anilines is 1. The summed E-state index contributed by atoms with van der Waals surface area (Å²) in [7, 11) is 1.76. The predicted molar refractivity (Wildman–Crippen MR) is 58.6 cm³/mol. The fraction of sp³-hybridized carbons (Fsp3) is 0.500. The Bertz CT molecular complexity index is 375. The zero-order chi connectivity index (χ0) is 12.3. The first-order valence-corrected chi connectivity index (χ1v) is 4.78. The Morgan fingerprint density at radius 2 is 2.06 bits per heavy atom. The van der Waals surface area contributed by atoms with Gasteiger partial charge < -0.3 is 15.1 Å². The Hall–Kier alpha value is -1.69. The molecule has 0 saturated heterocycles. The van der Waals surface area contributed by atoms with Gasteiger partial charge in [-0.05, 0) is 13.8 Å². The standard InChI is InChI=1S/C10H15N3O3/c1-10(2,6-14)13(3)8-5-11-7(4-12-8)9(15)16/h4-5,14H,6H2,1-3H3,(H,15,16). The number of rotatable bonds is 4. The summed E-state index contributed by atoms with van der Waals surface area (Å²) < 4.78 is 0. The number of carboxylic acids is 1. The number of hydrogen-bond donors (Lipinski definition) is 2. The number of aliphatic hydroxyl groups is 1. The third-order valence-corrected chi connectivity index (χ3v) is 2.50. The van der Waals surface area contributed by atoms with Gasteiger partial charge in [0, 0.05) is 7.05 Å². The molecule has 0 spiro atoms. The van der Waals surface area contributed by atoms with Gasteiger partial charge in [0.25, 0.3) is 0 Å². The molecule has 0 amide bonds. The summed E-state index contributed by atoms with van der Waals surface area (Å²) in [6.07, 6.45) is 2.57. The summed E-state index contributed by atoms with van der Waals surface area (Å²) in [6.45, 7) is 3.66. The molecule has 0 unspecified atom stereocenters. The van der Waals surface area contributed by atoms with Crippen molar-refractivity contribution < 1.29 is 15.0 Å². The molecule has 0 bridgehead atoms. The van der Waals surface area contributed by atoms with Crippen molar-refractivity contribution in [1.82, 2.24) is 9.97 Å². The summed E-state index contributed by atoms with van der Waals surface area (Å²) in [5, 5.41) is 17.8. The summed E-state index contributed by atoms with van der Waals surface area (Å²) in [4.78, 5) is 20.1. The van der Waals surface area contributed by atoms with Crippen LogP contribution in [0.5, 0.6) is 0 Å². The van der Waals surface area contributed by atoms with Crippen LogP contribution in [-0.2, 0) is 0 Å². The molecule has 1 rings (SSSR count). The van der Waals surface area contributed by atoms with Gasteiger partial charge in [-0.1, -0.05) is 0 Å². The first-order valence-electron chi connectivity index (χ1n) is 4.78. The minimum Gasteiger partial charge on any atom is -0.476 e. The Kier molecular flexibility index (Phi) is 3.44. The molecule has 16 heavy (non-hydrogen) atoms. The van der Waals surface area contributed by atoms with Crippen molar-refractivity contribution in [3.8, 4) is 0 Å². The van der Waals surface area contributed by atoms with Gasteiger partial charge in [-0.3, -0.25) is 0 Å². The lowest BCUT2D eigenvalue weighted by molar-refractivity contribution is 0.0690. The van der Waals surface area contributed by atoms with Crippen LogP contribution in [0, 0.1) is 0 Å². The smallest absolute Gasteiger partial charge is 0.356 e. The quantitative estimate of drug-likeness (QED) is 0.770. The van der Waals surface area contributed by atoms with E-state index in [1.165, 1.54) is 12.4 Å². The van der Waals surface area contributed by atoms with Crippen LogP contribution in [-0.4, -0.2) is 45.3 Å². The molecule has 0 aliphatic heterocycles. The van der Waals surface area contributed by atoms with E-state index in [-0.39, 0.29) is 12.3 Å². The highest BCUT2D eigenvalue weighted by Crippen LogP contribution is 2.18. The molecule has 0 aromatic carbocycles. The van der Waals surface area contributed by atoms with Gasteiger partial charge in [-0.2, -0.15) is 0 Å². The van der Waals surface area contributed by atoms with Gasteiger partial charge in [0.05, 0.1) is 24.5 Å². The van der Waals surface area contributed by atoms with Crippen molar-refractivity contribution in [2.24, 2.45) is 0 Å². The van der Waals surface area contributed by atoms with Crippen molar-refractivity contribution >= 4 is 11.8 Å². The van der Waals surface area contributed by atoms with E-state index in [9.17, 15) is 9.90 Å². The van der Waals surface area contributed by atoms with Crippen LogP contribution in [0.25, 0.3) is 0 Å². The molecule has 1 heterocycles. The van der Waals surface area contributed by atoms with E-state index in [1.54, 1.807) is 11.9 Å². The van der Waals surface area contributed by atoms with Crippen LogP contribution in [0.2, 0.25) is 0 Å². The van der Waals surface area contributed by atoms with Crippen LogP contribution in [0.3, 0.4) is 0 Å². The second-order valence-corrected chi connectivity index (χ2v) is 4.09. The second-order valence-electron chi connectivity index (χ2n) is 4.09. The average Bonchev–Trinajstić information content (AvgIpc) is 2.28. The minimum absolute atomic E-state index is 0.0359. The van der Waals surface area contributed by atoms with Crippen molar-refractivity contribution in [3.05, 3.63) is 18.1 Å². The maximum absolute atomic E-state index is 10.6. The van der Waals surface area contributed by atoms with Crippen LogP contribution in [0.1, 0.15) is 24.3 Å². The predicted octanol–water partition coefficient (Wildman–Crippen LogP) is 0.382. The number of aromatic carboxylic acids is 1. The molecule has 6 heteroatoms. The van der Waals surface area contributed by atoms with E-state index in [4.69, 9.17) is 5.11 Å². The van der Waals surface area contributed by atoms with Crippen molar-refractivity contribution in [2.45, 2.75) is 19.4 Å². The highest BCUT2D eigenvalue weighted by atomic mass is 16.4. The maximum atomic E-state index is 10.6. The molecule has 1 aromatic rings. The first kappa shape index (κ1) is 12.4. The maximum Gasteiger partial charge on any atom is 0.356 e. The normalized spacial score (nSPS) is 11.2. The number of nitrogens with zero attached hydrogens (tertiary/aromatic N) is 3. The fourth-order valence-corrected chi connectivity index (χ4v) is 1.02. The van der Waals surface area contributed by atoms with E-state index >= 15 is 0 Å². The molecule has 0 aliphatic carbocycles. The zero-order valence-corrected chi connectivity index (χ0v) is 9.51. The van der Waals surface area contributed by atoms with Crippen molar-refractivity contribution in [2.75, 3.05) is 18.6 Å². The number of carbonyl (C=O) groups is 1. The highest BCUT2D eigenvalue weighted by molar-refractivity contribution is 5.84. The number of aliphatic hydroxyl groups excluding tert-OH is 1. The zero-order valence-electron chi connectivity index (χ0n) is 9.51. The Morgan fingerprint density at radius 3 is 2.44 bits per heavy atom. The summed E-state index contributed by atoms with van der Waals surface area (Å²) in [5.41, 5.74) is -0.571. The van der Waals surface area contributed by atoms with Gasteiger partial charge in [0.1, 0.15) is 5.82 Å². The largest absolute Gasteiger partial charge is 0.476 e. The number of carboxylic acid groups (broad SMARTS) is 1. The van der Waals surface area contributed by atoms with Crippen LogP contribution in [0.4, 0.5) is 5.82 Å². The Balaban J connectivity index is 2.94. The molecule has 0 aliphatic rings. The third-order valence-electron chi connectivity index (χ3n) is 2.50. The lowest BCUT2D eigenvalue weighted by atomic mass is 10.1. The fourth-order valence-electron chi connectivity index (χ4n) is 1.02. The summed E-state index contributed by atoms with van der Waals surface area (Å²) in [5.74, 6) is -0.591. The first-order chi connectivity index (χ1) is 7.38. The summed E-state index contributed by atoms with van der Waals surface area (Å²) >= 11 is 0. The van der Waals surface area contributed by atoms with E-state index < -0.39 is 11.5 Å². The van der Waals surface area contributed by atoms with Crippen molar-refractivity contribution in [1.29, 1.82) is 0 Å². The lowest BCUT2D eigenvalue weighted by Crippen LogP contribution is -2.44. The highest BCUT2D eigenvalue weighted by Gasteiger charge is 2.24. The van der Waals surface area contributed by atoms with E-state index in [0.717, 1.165) is 0 Å².